The lowest BCUT2D eigenvalue weighted by Crippen LogP contribution is -2.08. The molecule has 1 unspecified atom stereocenters. The minimum absolute atomic E-state index is 0.00496. The van der Waals surface area contributed by atoms with Crippen LogP contribution in [0.1, 0.15) is 41.9 Å². The van der Waals surface area contributed by atoms with Gasteiger partial charge in [0.1, 0.15) is 5.82 Å². The average molecular weight is 332 g/mol. The predicted octanol–water partition coefficient (Wildman–Crippen LogP) is 3.68. The van der Waals surface area contributed by atoms with E-state index in [0.29, 0.717) is 11.5 Å². The highest BCUT2D eigenvalue weighted by atomic mass is 19.4. The second-order valence-electron chi connectivity index (χ2n) is 5.26. The molecule has 0 aliphatic carbocycles. The van der Waals surface area contributed by atoms with E-state index in [9.17, 15) is 22.7 Å². The Bertz CT molecular complexity index is 655. The van der Waals surface area contributed by atoms with Crippen LogP contribution in [0.4, 0.5) is 17.6 Å². The number of benzene rings is 1. The van der Waals surface area contributed by atoms with Crippen molar-refractivity contribution >= 4 is 0 Å². The molecule has 1 N–H and O–H groups in total. The Labute approximate surface area is 130 Å². The highest BCUT2D eigenvalue weighted by molar-refractivity contribution is 5.27. The quantitative estimate of drug-likeness (QED) is 0.820. The molecule has 1 heterocycles. The monoisotopic (exact) mass is 332 g/mol. The van der Waals surface area contributed by atoms with E-state index < -0.39 is 24.5 Å². The average Bonchev–Trinajstić information content (AvgIpc) is 2.84. The normalized spacial score (nSPS) is 13.3. The standard InChI is InChI=1S/C15H16F4N2O2/c1-9-20-21-14(23-9)8-13(22)11-7-10(4-5-12(11)16)3-2-6-15(17,18)19/h4-5,7,13,22H,2-3,6,8H2,1H3. The minimum Gasteiger partial charge on any atom is -0.425 e. The molecule has 4 nitrogen and oxygen atoms in total. The van der Waals surface area contributed by atoms with Crippen molar-refractivity contribution in [3.8, 4) is 0 Å². The molecule has 0 saturated carbocycles. The van der Waals surface area contributed by atoms with Crippen LogP contribution in [0.15, 0.2) is 22.6 Å². The van der Waals surface area contributed by atoms with E-state index in [1.54, 1.807) is 6.92 Å². The molecule has 2 aromatic rings. The summed E-state index contributed by atoms with van der Waals surface area (Å²) in [5, 5.41) is 17.4. The molecular formula is C15H16F4N2O2. The molecule has 1 aromatic heterocycles. The van der Waals surface area contributed by atoms with E-state index in [2.05, 4.69) is 10.2 Å². The number of aryl methyl sites for hydroxylation is 2. The number of hydrogen-bond donors (Lipinski definition) is 1. The highest BCUT2D eigenvalue weighted by Crippen LogP contribution is 2.25. The smallest absolute Gasteiger partial charge is 0.389 e. The van der Waals surface area contributed by atoms with E-state index in [-0.39, 0.29) is 30.7 Å². The van der Waals surface area contributed by atoms with Gasteiger partial charge in [-0.1, -0.05) is 12.1 Å². The zero-order chi connectivity index (χ0) is 17.0. The number of alkyl halides is 3. The van der Waals surface area contributed by atoms with Crippen molar-refractivity contribution in [1.29, 1.82) is 0 Å². The summed E-state index contributed by atoms with van der Waals surface area (Å²) in [4.78, 5) is 0. The zero-order valence-corrected chi connectivity index (χ0v) is 12.4. The Balaban J connectivity index is 2.04. The molecule has 0 fully saturated rings. The Kier molecular flexibility index (Phi) is 5.35. The van der Waals surface area contributed by atoms with Crippen LogP contribution in [0.5, 0.6) is 0 Å². The number of aromatic nitrogens is 2. The Morgan fingerprint density at radius 1 is 1.26 bits per heavy atom. The number of nitrogens with zero attached hydrogens (tertiary/aromatic N) is 2. The summed E-state index contributed by atoms with van der Waals surface area (Å²) in [6.07, 6.45) is -6.32. The zero-order valence-electron chi connectivity index (χ0n) is 12.4. The summed E-state index contributed by atoms with van der Waals surface area (Å²) in [6.45, 7) is 1.59. The number of rotatable bonds is 6. The fourth-order valence-corrected chi connectivity index (χ4v) is 2.19. The summed E-state index contributed by atoms with van der Waals surface area (Å²) < 4.78 is 55.4. The van der Waals surface area contributed by atoms with E-state index in [0.717, 1.165) is 6.07 Å². The lowest BCUT2D eigenvalue weighted by atomic mass is 10.00. The molecule has 0 spiro atoms. The van der Waals surface area contributed by atoms with Crippen molar-refractivity contribution < 1.29 is 27.1 Å². The first-order chi connectivity index (χ1) is 10.7. The van der Waals surface area contributed by atoms with Crippen LogP contribution < -0.4 is 0 Å². The van der Waals surface area contributed by atoms with Gasteiger partial charge in [0, 0.05) is 18.9 Å². The van der Waals surface area contributed by atoms with Crippen molar-refractivity contribution in [2.24, 2.45) is 0 Å². The van der Waals surface area contributed by atoms with Crippen molar-refractivity contribution in [2.75, 3.05) is 0 Å². The third-order valence-corrected chi connectivity index (χ3v) is 3.28. The van der Waals surface area contributed by atoms with Gasteiger partial charge in [-0.15, -0.1) is 10.2 Å². The fraction of sp³-hybridized carbons (Fsp3) is 0.467. The van der Waals surface area contributed by atoms with Crippen LogP contribution in [0.3, 0.4) is 0 Å². The summed E-state index contributed by atoms with van der Waals surface area (Å²) in [7, 11) is 0. The Morgan fingerprint density at radius 2 is 2.00 bits per heavy atom. The van der Waals surface area contributed by atoms with Crippen LogP contribution in [-0.2, 0) is 12.8 Å². The van der Waals surface area contributed by atoms with Gasteiger partial charge in [0.2, 0.25) is 11.8 Å². The Morgan fingerprint density at radius 3 is 2.61 bits per heavy atom. The first kappa shape index (κ1) is 17.4. The molecule has 0 amide bonds. The third kappa shape index (κ3) is 5.31. The molecule has 0 bridgehead atoms. The van der Waals surface area contributed by atoms with Crippen LogP contribution in [0.2, 0.25) is 0 Å². The van der Waals surface area contributed by atoms with Crippen molar-refractivity contribution in [3.63, 3.8) is 0 Å². The fourth-order valence-electron chi connectivity index (χ4n) is 2.19. The maximum Gasteiger partial charge on any atom is 0.389 e. The molecule has 0 aliphatic rings. The van der Waals surface area contributed by atoms with Gasteiger partial charge in [-0.05, 0) is 24.5 Å². The van der Waals surface area contributed by atoms with Gasteiger partial charge >= 0.3 is 6.18 Å². The first-order valence-electron chi connectivity index (χ1n) is 7.07. The van der Waals surface area contributed by atoms with Crippen molar-refractivity contribution in [3.05, 3.63) is 46.9 Å². The highest BCUT2D eigenvalue weighted by Gasteiger charge is 2.26. The van der Waals surface area contributed by atoms with Crippen LogP contribution in [0.25, 0.3) is 0 Å². The predicted molar refractivity (Wildman–Crippen MR) is 73.1 cm³/mol. The molecule has 126 valence electrons. The molecule has 1 aromatic carbocycles. The van der Waals surface area contributed by atoms with Gasteiger partial charge in [-0.3, -0.25) is 0 Å². The number of aliphatic hydroxyl groups excluding tert-OH is 1. The second kappa shape index (κ2) is 7.08. The second-order valence-corrected chi connectivity index (χ2v) is 5.26. The van der Waals surface area contributed by atoms with Crippen molar-refractivity contribution in [1.82, 2.24) is 10.2 Å². The van der Waals surface area contributed by atoms with Gasteiger partial charge in [0.15, 0.2) is 0 Å². The molecule has 2 rings (SSSR count). The summed E-state index contributed by atoms with van der Waals surface area (Å²) in [5.41, 5.74) is 0.539. The minimum atomic E-state index is -4.21. The molecule has 0 radical (unpaired) electrons. The third-order valence-electron chi connectivity index (χ3n) is 3.28. The summed E-state index contributed by atoms with van der Waals surface area (Å²) >= 11 is 0. The van der Waals surface area contributed by atoms with Crippen LogP contribution in [0, 0.1) is 12.7 Å². The maximum absolute atomic E-state index is 13.8. The summed E-state index contributed by atoms with van der Waals surface area (Å²) in [6, 6.07) is 3.93. The van der Waals surface area contributed by atoms with Crippen molar-refractivity contribution in [2.45, 2.75) is 44.9 Å². The number of halogens is 4. The van der Waals surface area contributed by atoms with Gasteiger partial charge in [-0.25, -0.2) is 4.39 Å². The molecule has 8 heteroatoms. The van der Waals surface area contributed by atoms with E-state index in [1.807, 2.05) is 0 Å². The van der Waals surface area contributed by atoms with Gasteiger partial charge in [0.25, 0.3) is 0 Å². The van der Waals surface area contributed by atoms with E-state index >= 15 is 0 Å². The van der Waals surface area contributed by atoms with Crippen LogP contribution in [-0.4, -0.2) is 21.5 Å². The molecular weight excluding hydrogens is 316 g/mol. The first-order valence-corrected chi connectivity index (χ1v) is 7.07. The summed E-state index contributed by atoms with van der Waals surface area (Å²) in [5.74, 6) is -0.140. The lowest BCUT2D eigenvalue weighted by Gasteiger charge is -2.12. The van der Waals surface area contributed by atoms with Gasteiger partial charge < -0.3 is 9.52 Å². The largest absolute Gasteiger partial charge is 0.425 e. The SMILES string of the molecule is Cc1nnc(CC(O)c2cc(CCCC(F)(F)F)ccc2F)o1. The Hall–Kier alpha value is -1.96. The van der Waals surface area contributed by atoms with Crippen LogP contribution >= 0.6 is 0 Å². The molecule has 0 aliphatic heterocycles. The number of hydrogen-bond acceptors (Lipinski definition) is 4. The molecule has 23 heavy (non-hydrogen) atoms. The van der Waals surface area contributed by atoms with Gasteiger partial charge in [0.05, 0.1) is 12.5 Å². The van der Waals surface area contributed by atoms with E-state index in [1.165, 1.54) is 12.1 Å². The lowest BCUT2D eigenvalue weighted by molar-refractivity contribution is -0.135. The van der Waals surface area contributed by atoms with E-state index in [4.69, 9.17) is 4.42 Å². The molecule has 1 atom stereocenters. The number of aliphatic hydroxyl groups is 1. The molecule has 0 saturated heterocycles. The topological polar surface area (TPSA) is 59.2 Å². The maximum atomic E-state index is 13.8. The van der Waals surface area contributed by atoms with Gasteiger partial charge in [-0.2, -0.15) is 13.2 Å².